The van der Waals surface area contributed by atoms with Crippen LogP contribution >= 0.6 is 0 Å². The zero-order valence-electron chi connectivity index (χ0n) is 68.6. The van der Waals surface area contributed by atoms with Gasteiger partial charge in [0, 0.05) is 27.7 Å². The largest absolute Gasteiger partial charge is 0.463 e. The number of nitrogens with one attached hydrogen (secondary N) is 1. The second kappa shape index (κ2) is 46.6. The van der Waals surface area contributed by atoms with Gasteiger partial charge >= 0.3 is 17.9 Å². The maximum Gasteiger partial charge on any atom is 0.303 e. The van der Waals surface area contributed by atoms with Crippen molar-refractivity contribution in [2.45, 2.75) is 216 Å². The molecule has 4 aliphatic rings. The minimum Gasteiger partial charge on any atom is -0.463 e. The fraction of sp³-hybridized carbons (Fsp3) is 0.396. The molecule has 0 saturated carbocycles. The van der Waals surface area contributed by atoms with Crippen LogP contribution in [0.1, 0.15) is 77.8 Å². The van der Waals surface area contributed by atoms with Gasteiger partial charge < -0.3 is 106 Å². The van der Waals surface area contributed by atoms with Crippen LogP contribution in [-0.2, 0) is 169 Å². The Morgan fingerprint density at radius 2 is 0.607 bits per heavy atom. The molecular weight excluding hydrogens is 1570 g/mol. The Bertz CT molecular complexity index is 4540. The number of carbonyl (C=O) groups is 4. The summed E-state index contributed by atoms with van der Waals surface area (Å²) in [6.07, 6.45) is -29.5. The summed E-state index contributed by atoms with van der Waals surface area (Å²) in [5, 5.41) is 29.4. The van der Waals surface area contributed by atoms with Crippen molar-refractivity contribution in [1.82, 2.24) is 5.32 Å². The predicted octanol–water partition coefficient (Wildman–Crippen LogP) is 11.5. The third-order valence-electron chi connectivity index (χ3n) is 21.0. The van der Waals surface area contributed by atoms with E-state index in [4.69, 9.17) is 90.0 Å². The number of aliphatic hydroxyl groups is 2. The molecule has 122 heavy (non-hydrogen) atoms. The van der Waals surface area contributed by atoms with Gasteiger partial charge in [-0.2, -0.15) is 0 Å². The molecule has 9 aromatic rings. The van der Waals surface area contributed by atoms with Gasteiger partial charge in [0.1, 0.15) is 111 Å². The molecule has 0 bridgehead atoms. The Morgan fingerprint density at radius 3 is 0.967 bits per heavy atom. The van der Waals surface area contributed by atoms with Crippen molar-refractivity contribution in [2.75, 3.05) is 26.4 Å². The highest BCUT2D eigenvalue weighted by molar-refractivity contribution is 5.73. The first-order chi connectivity index (χ1) is 59.6. The Kier molecular flexibility index (Phi) is 34.3. The number of carbonyl (C=O) groups excluding carboxylic acids is 4. The number of hydrogen-bond acceptors (Lipinski definition) is 25. The van der Waals surface area contributed by atoms with Crippen LogP contribution in [-0.4, -0.2) is 189 Å². The van der Waals surface area contributed by atoms with Crippen LogP contribution in [0.15, 0.2) is 273 Å². The maximum atomic E-state index is 13.8. The second-order valence-corrected chi connectivity index (χ2v) is 30.2. The van der Waals surface area contributed by atoms with E-state index in [1.807, 2.05) is 273 Å². The topological polar surface area (TPSA) is 296 Å². The molecule has 4 heterocycles. The number of amides is 1. The van der Waals surface area contributed by atoms with E-state index < -0.39 is 166 Å². The van der Waals surface area contributed by atoms with Crippen LogP contribution < -0.4 is 5.32 Å². The smallest absolute Gasteiger partial charge is 0.303 e. The Labute approximate surface area is 710 Å². The van der Waals surface area contributed by atoms with E-state index in [1.165, 1.54) is 13.8 Å². The zero-order valence-corrected chi connectivity index (χ0v) is 68.6. The zero-order chi connectivity index (χ0) is 84.8. The molecule has 0 aliphatic carbocycles. The number of benzene rings is 9. The Morgan fingerprint density at radius 1 is 0.311 bits per heavy atom. The minimum absolute atomic E-state index is 0.00395. The van der Waals surface area contributed by atoms with Gasteiger partial charge in [-0.05, 0) is 50.1 Å². The van der Waals surface area contributed by atoms with Gasteiger partial charge in [0.15, 0.2) is 31.3 Å². The van der Waals surface area contributed by atoms with E-state index in [0.29, 0.717) is 5.56 Å². The predicted molar refractivity (Wildman–Crippen MR) is 441 cm³/mol. The molecule has 4 fully saturated rings. The average molecular weight is 1670 g/mol. The highest BCUT2D eigenvalue weighted by Crippen LogP contribution is 2.41. The van der Waals surface area contributed by atoms with E-state index in [1.54, 1.807) is 0 Å². The number of ether oxygens (including phenoxy) is 19. The van der Waals surface area contributed by atoms with Crippen LogP contribution in [0.25, 0.3) is 0 Å². The quantitative estimate of drug-likeness (QED) is 0.0236. The summed E-state index contributed by atoms with van der Waals surface area (Å²) in [5.41, 5.74) is 7.21. The van der Waals surface area contributed by atoms with E-state index in [2.05, 4.69) is 5.32 Å². The monoisotopic (exact) mass is 1670 g/mol. The van der Waals surface area contributed by atoms with Crippen LogP contribution in [0.3, 0.4) is 0 Å². The number of aliphatic hydroxyl groups excluding tert-OH is 2. The van der Waals surface area contributed by atoms with Crippen molar-refractivity contribution in [3.05, 3.63) is 323 Å². The van der Waals surface area contributed by atoms with Gasteiger partial charge in [-0.15, -0.1) is 0 Å². The molecule has 9 aromatic carbocycles. The summed E-state index contributed by atoms with van der Waals surface area (Å²) in [6.45, 7) is 3.60. The lowest BCUT2D eigenvalue weighted by atomic mass is 9.93. The fourth-order valence-electron chi connectivity index (χ4n) is 15.1. The van der Waals surface area contributed by atoms with Gasteiger partial charge in [0.05, 0.1) is 72.7 Å². The third kappa shape index (κ3) is 26.3. The maximum absolute atomic E-state index is 13.8. The van der Waals surface area contributed by atoms with Crippen LogP contribution in [0.5, 0.6) is 0 Å². The van der Waals surface area contributed by atoms with Crippen LogP contribution in [0.2, 0.25) is 0 Å². The molecule has 0 spiro atoms. The van der Waals surface area contributed by atoms with Gasteiger partial charge in [-0.1, -0.05) is 273 Å². The van der Waals surface area contributed by atoms with Crippen molar-refractivity contribution < 1.29 is 119 Å². The van der Waals surface area contributed by atoms with Gasteiger partial charge in [-0.3, -0.25) is 19.2 Å². The highest BCUT2D eigenvalue weighted by atomic mass is 16.8. The number of hydrogen-bond donors (Lipinski definition) is 3. The summed E-state index contributed by atoms with van der Waals surface area (Å²) in [7, 11) is 0. The van der Waals surface area contributed by atoms with E-state index in [9.17, 15) is 29.4 Å². The first kappa shape index (κ1) is 89.9. The molecule has 3 N–H and O–H groups in total. The lowest BCUT2D eigenvalue weighted by Crippen LogP contribution is -2.70. The van der Waals surface area contributed by atoms with Crippen molar-refractivity contribution >= 4 is 23.8 Å². The standard InChI is InChI=1S/C96H107NO25/c1-63(98)97-80-86(110-54-71-40-22-9-23-41-71)82(108-52-69-36-18-7-19-37-69)78(61-106-64(2)99)116-94(80)122-88-81(102)87(84(119-93(88)103)79(115-66(4)101)62-107-65(3)100)121-96-92(114-58-75-48-30-13-31-49-75)90(112-56-73-44-26-11-27-45-73)85(77(118-96)60-105-51-68-34-16-6-17-35-68)120-95-91(113-57-74-46-28-12-29-47-74)89(111-55-72-42-24-10-25-43-72)83(109-53-70-38-20-8-21-39-70)76(117-95)59-104-50-67-32-14-5-15-33-67/h5-49,76-96,102-103H,50-62H2,1-4H3,(H,97,98)/t76-,77+,78-,79?,80+,81?,82-,83+,84-,85+,86+,87+,88+,89-,90+,91+,92+,93-,94-,95+,96-/m0/s1. The van der Waals surface area contributed by atoms with E-state index in [0.717, 1.165) is 58.4 Å². The van der Waals surface area contributed by atoms with Crippen molar-refractivity contribution in [3.63, 3.8) is 0 Å². The first-order valence-electron chi connectivity index (χ1n) is 41.1. The molecule has 13 rings (SSSR count). The lowest BCUT2D eigenvalue weighted by molar-refractivity contribution is -0.399. The van der Waals surface area contributed by atoms with E-state index in [-0.39, 0.29) is 72.7 Å². The van der Waals surface area contributed by atoms with Crippen molar-refractivity contribution in [3.8, 4) is 0 Å². The molecular formula is C96H107NO25. The van der Waals surface area contributed by atoms with Gasteiger partial charge in [-0.25, -0.2) is 0 Å². The average Bonchev–Trinajstić information content (AvgIpc) is 0.745. The summed E-state index contributed by atoms with van der Waals surface area (Å²) in [6, 6.07) is 84.4. The molecule has 26 nitrogen and oxygen atoms in total. The molecule has 1 amide bonds. The molecule has 4 aliphatic heterocycles. The van der Waals surface area contributed by atoms with Gasteiger partial charge in [0.2, 0.25) is 5.91 Å². The van der Waals surface area contributed by atoms with E-state index >= 15 is 0 Å². The van der Waals surface area contributed by atoms with Crippen LogP contribution in [0.4, 0.5) is 0 Å². The molecule has 0 radical (unpaired) electrons. The van der Waals surface area contributed by atoms with Gasteiger partial charge in [0.25, 0.3) is 0 Å². The summed E-state index contributed by atoms with van der Waals surface area (Å²) >= 11 is 0. The summed E-state index contributed by atoms with van der Waals surface area (Å²) < 4.78 is 131. The Balaban J connectivity index is 0.932. The number of rotatable bonds is 42. The molecule has 2 unspecified atom stereocenters. The fourth-order valence-corrected chi connectivity index (χ4v) is 15.1. The Hall–Kier alpha value is -9.86. The minimum atomic E-state index is -2.20. The molecule has 0 aromatic heterocycles. The lowest BCUT2D eigenvalue weighted by Gasteiger charge is -2.52. The third-order valence-corrected chi connectivity index (χ3v) is 21.0. The summed E-state index contributed by atoms with van der Waals surface area (Å²) in [4.78, 5) is 53.1. The van der Waals surface area contributed by atoms with Crippen LogP contribution in [0, 0.1) is 0 Å². The van der Waals surface area contributed by atoms with Crippen molar-refractivity contribution in [2.24, 2.45) is 0 Å². The molecule has 26 heteroatoms. The molecule has 4 saturated heterocycles. The second-order valence-electron chi connectivity index (χ2n) is 30.2. The number of esters is 3. The highest BCUT2D eigenvalue weighted by Gasteiger charge is 2.60. The molecule has 646 valence electrons. The summed E-state index contributed by atoms with van der Waals surface area (Å²) in [5.74, 6) is -2.90. The first-order valence-corrected chi connectivity index (χ1v) is 41.1. The normalized spacial score (nSPS) is 26.7. The molecule has 21 atom stereocenters. The SMILES string of the molecule is CC(=O)N[C@H]1[C@H](O[C@@H]2C(O)[C@@H](O[C@@H]3O[C@H](COCc4ccccc4)[C@@H](O[C@H]4O[C@@H](COCc5ccccc5)[C@@H](OCc5ccccc5)[C@H](OCc5ccccc5)[C@H]4OCc4ccccc4)[C@@H](OCc4ccccc4)[C@H]3OCc3ccccc3)[C@H](C(COC(C)=O)OC(C)=O)O[C@@H]2O)O[C@@H](COC(C)=O)[C@H](OCc2ccccc2)[C@@H]1OCc1ccccc1. The van der Waals surface area contributed by atoms with Crippen molar-refractivity contribution in [1.29, 1.82) is 0 Å².